The molecule has 0 aromatic heterocycles. The molecule has 0 aliphatic rings. The van der Waals surface area contributed by atoms with E-state index in [1.165, 1.54) is 0 Å². The Hall–Kier alpha value is 0.440. The van der Waals surface area contributed by atoms with Gasteiger partial charge in [0, 0.05) is 0 Å². The molecule has 0 amide bonds. The molecule has 0 aliphatic carbocycles. The summed E-state index contributed by atoms with van der Waals surface area (Å²) in [4.78, 5) is 0. The van der Waals surface area contributed by atoms with Crippen molar-refractivity contribution in [2.24, 2.45) is 22.7 Å². The summed E-state index contributed by atoms with van der Waals surface area (Å²) in [5, 5.41) is 0. The summed E-state index contributed by atoms with van der Waals surface area (Å²) in [6, 6.07) is 0. The molecule has 0 aliphatic heterocycles. The van der Waals surface area contributed by atoms with Gasteiger partial charge in [-0.25, -0.2) is 0 Å². The molecule has 2 atom stereocenters. The lowest BCUT2D eigenvalue weighted by Gasteiger charge is -2.22. The Morgan fingerprint density at radius 2 is 1.10 bits per heavy atom. The highest BCUT2D eigenvalue weighted by Gasteiger charge is 2.23. The minimum atomic E-state index is -1.15. The summed E-state index contributed by atoms with van der Waals surface area (Å²) in [7, 11) is -1.15. The maximum Gasteiger partial charge on any atom is 0.521 e. The Kier molecular flexibility index (Phi) is 8.97. The van der Waals surface area contributed by atoms with Crippen molar-refractivity contribution in [1.82, 2.24) is 0 Å². The molecule has 0 aromatic carbocycles. The molecular formula is C16H34O2PS+. The van der Waals surface area contributed by atoms with Crippen LogP contribution < -0.4 is 0 Å². The molecule has 2 nitrogen and oxygen atoms in total. The van der Waals surface area contributed by atoms with Crippen LogP contribution in [0, 0.1) is 22.7 Å². The Morgan fingerprint density at radius 3 is 1.35 bits per heavy atom. The van der Waals surface area contributed by atoms with E-state index in [0.29, 0.717) is 35.9 Å². The van der Waals surface area contributed by atoms with E-state index < -0.39 is 7.15 Å². The summed E-state index contributed by atoms with van der Waals surface area (Å²) in [6.45, 7) is 19.4. The zero-order valence-corrected chi connectivity index (χ0v) is 16.4. The van der Waals surface area contributed by atoms with Crippen molar-refractivity contribution in [3.05, 3.63) is 0 Å². The molecule has 0 fully saturated rings. The predicted molar refractivity (Wildman–Crippen MR) is 92.7 cm³/mol. The summed E-state index contributed by atoms with van der Waals surface area (Å²) in [5.41, 5.74) is 0.685. The van der Waals surface area contributed by atoms with E-state index in [0.717, 1.165) is 12.8 Å². The van der Waals surface area contributed by atoms with Crippen LogP contribution in [0.15, 0.2) is 0 Å². The Labute approximate surface area is 132 Å². The largest absolute Gasteiger partial charge is 0.521 e. The number of hydrogen-bond donors (Lipinski definition) is 0. The normalized spacial score (nSPS) is 16.9. The van der Waals surface area contributed by atoms with Gasteiger partial charge in [0.25, 0.3) is 0 Å². The quantitative estimate of drug-likeness (QED) is 0.516. The fourth-order valence-electron chi connectivity index (χ4n) is 2.62. The van der Waals surface area contributed by atoms with Gasteiger partial charge in [-0.1, -0.05) is 55.4 Å². The first-order chi connectivity index (χ1) is 8.89. The lowest BCUT2D eigenvalue weighted by atomic mass is 9.86. The Morgan fingerprint density at radius 1 is 0.800 bits per heavy atom. The Balaban J connectivity index is 3.84. The van der Waals surface area contributed by atoms with Gasteiger partial charge in [0.1, 0.15) is 13.2 Å². The second-order valence-corrected chi connectivity index (χ2v) is 10.4. The molecule has 0 aromatic rings. The van der Waals surface area contributed by atoms with Gasteiger partial charge in [0.2, 0.25) is 11.8 Å². The van der Waals surface area contributed by atoms with E-state index in [2.05, 4.69) is 55.4 Å². The summed E-state index contributed by atoms with van der Waals surface area (Å²) in [5.74, 6) is 1.05. The molecule has 0 rings (SSSR count). The lowest BCUT2D eigenvalue weighted by Crippen LogP contribution is -2.15. The zero-order valence-electron chi connectivity index (χ0n) is 14.7. The summed E-state index contributed by atoms with van der Waals surface area (Å²) >= 11 is 5.28. The molecule has 0 spiro atoms. The summed E-state index contributed by atoms with van der Waals surface area (Å²) < 4.78 is 11.4. The lowest BCUT2D eigenvalue weighted by molar-refractivity contribution is 0.175. The molecule has 0 saturated carbocycles. The van der Waals surface area contributed by atoms with Crippen LogP contribution in [0.3, 0.4) is 0 Å². The van der Waals surface area contributed by atoms with Crippen LogP contribution in [0.4, 0.5) is 0 Å². The van der Waals surface area contributed by atoms with Gasteiger partial charge >= 0.3 is 7.15 Å². The standard InChI is InChI=1S/C16H34O2PS/c1-13(9-15(3,4)5)11-17-19(20)18-12-14(2)10-16(6,7)8/h13-14H,9-12H2,1-8H3/q+1. The van der Waals surface area contributed by atoms with Crippen LogP contribution in [0.5, 0.6) is 0 Å². The van der Waals surface area contributed by atoms with Crippen molar-refractivity contribution in [1.29, 1.82) is 0 Å². The average Bonchev–Trinajstić information content (AvgIpc) is 2.18. The van der Waals surface area contributed by atoms with E-state index in [1.54, 1.807) is 0 Å². The van der Waals surface area contributed by atoms with Crippen LogP contribution in [0.2, 0.25) is 0 Å². The smallest absolute Gasteiger partial charge is 0.142 e. The molecule has 20 heavy (non-hydrogen) atoms. The molecule has 0 bridgehead atoms. The molecule has 0 N–H and O–H groups in total. The highest BCUT2D eigenvalue weighted by Crippen LogP contribution is 2.31. The van der Waals surface area contributed by atoms with Gasteiger partial charge in [0.15, 0.2) is 0 Å². The minimum Gasteiger partial charge on any atom is -0.142 e. The second-order valence-electron chi connectivity index (χ2n) is 8.56. The SMILES string of the molecule is CC(CO[P+](=S)OCC(C)CC(C)(C)C)CC(C)(C)C. The molecule has 2 unspecified atom stereocenters. The molecule has 0 saturated heterocycles. The van der Waals surface area contributed by atoms with Crippen molar-refractivity contribution in [3.63, 3.8) is 0 Å². The van der Waals surface area contributed by atoms with Crippen molar-refractivity contribution in [2.75, 3.05) is 13.2 Å². The number of hydrogen-bond acceptors (Lipinski definition) is 3. The van der Waals surface area contributed by atoms with E-state index >= 15 is 0 Å². The maximum absolute atomic E-state index is 5.69. The van der Waals surface area contributed by atoms with E-state index in [4.69, 9.17) is 20.9 Å². The topological polar surface area (TPSA) is 18.5 Å². The number of rotatable bonds is 8. The highest BCUT2D eigenvalue weighted by molar-refractivity contribution is 8.00. The van der Waals surface area contributed by atoms with Crippen LogP contribution in [0.1, 0.15) is 68.2 Å². The van der Waals surface area contributed by atoms with Gasteiger partial charge in [-0.2, -0.15) is 0 Å². The molecule has 0 heterocycles. The fourth-order valence-corrected chi connectivity index (χ4v) is 3.81. The van der Waals surface area contributed by atoms with Gasteiger partial charge in [-0.05, 0) is 35.5 Å². The third kappa shape index (κ3) is 13.4. The maximum atomic E-state index is 5.69. The van der Waals surface area contributed by atoms with Gasteiger partial charge < -0.3 is 0 Å². The van der Waals surface area contributed by atoms with E-state index in [1.807, 2.05) is 0 Å². The van der Waals surface area contributed by atoms with Crippen molar-refractivity contribution in [2.45, 2.75) is 68.2 Å². The first-order valence-corrected chi connectivity index (χ1v) is 9.81. The van der Waals surface area contributed by atoms with Crippen molar-refractivity contribution in [3.8, 4) is 0 Å². The van der Waals surface area contributed by atoms with E-state index in [-0.39, 0.29) is 0 Å². The minimum absolute atomic E-state index is 0.342. The van der Waals surface area contributed by atoms with E-state index in [9.17, 15) is 0 Å². The zero-order chi connectivity index (χ0) is 16.0. The van der Waals surface area contributed by atoms with Crippen LogP contribution in [0.25, 0.3) is 0 Å². The van der Waals surface area contributed by atoms with Gasteiger partial charge in [-0.15, -0.1) is 9.05 Å². The fraction of sp³-hybridized carbons (Fsp3) is 1.00. The predicted octanol–water partition coefficient (Wildman–Crippen LogP) is 5.94. The molecular weight excluding hydrogens is 287 g/mol. The van der Waals surface area contributed by atoms with Crippen molar-refractivity contribution < 1.29 is 9.05 Å². The van der Waals surface area contributed by atoms with Gasteiger partial charge in [-0.3, -0.25) is 0 Å². The van der Waals surface area contributed by atoms with Crippen LogP contribution in [-0.2, 0) is 20.9 Å². The van der Waals surface area contributed by atoms with Crippen LogP contribution in [-0.4, -0.2) is 13.2 Å². The second kappa shape index (κ2) is 8.78. The monoisotopic (exact) mass is 321 g/mol. The third-order valence-electron chi connectivity index (χ3n) is 2.85. The molecule has 0 radical (unpaired) electrons. The van der Waals surface area contributed by atoms with Crippen molar-refractivity contribution >= 4 is 19.0 Å². The molecule has 4 heteroatoms. The highest BCUT2D eigenvalue weighted by atomic mass is 32.4. The van der Waals surface area contributed by atoms with Crippen LogP contribution >= 0.6 is 7.15 Å². The van der Waals surface area contributed by atoms with Gasteiger partial charge in [0.05, 0.1) is 0 Å². The first kappa shape index (κ1) is 20.4. The average molecular weight is 321 g/mol. The third-order valence-corrected chi connectivity index (χ3v) is 4.20. The first-order valence-electron chi connectivity index (χ1n) is 7.62. The Bertz CT molecular complexity index is 264. The molecule has 120 valence electrons. The summed E-state index contributed by atoms with van der Waals surface area (Å²) in [6.07, 6.45) is 2.29.